The number of amides is 1. The molecule has 0 saturated heterocycles. The van der Waals surface area contributed by atoms with Gasteiger partial charge in [-0.05, 0) is 11.6 Å². The Labute approximate surface area is 147 Å². The van der Waals surface area contributed by atoms with Gasteiger partial charge in [-0.1, -0.05) is 60.7 Å². The molecule has 3 aromatic rings. The van der Waals surface area contributed by atoms with Crippen LogP contribution in [0.2, 0.25) is 0 Å². The Morgan fingerprint density at radius 3 is 2.24 bits per heavy atom. The molecule has 0 aliphatic rings. The smallest absolute Gasteiger partial charge is 0.404 e. The topological polar surface area (TPSA) is 33.4 Å². The highest BCUT2D eigenvalue weighted by atomic mass is 16.6. The van der Waals surface area contributed by atoms with Crippen molar-refractivity contribution in [3.63, 3.8) is 0 Å². The number of ether oxygens (including phenoxy) is 1. The molecule has 0 aliphatic carbocycles. The molecule has 3 rings (SSSR count). The van der Waals surface area contributed by atoms with E-state index in [1.165, 1.54) is 5.56 Å². The number of pyridine rings is 1. The Hall–Kier alpha value is -3.14. The third kappa shape index (κ3) is 4.91. The molecule has 0 fully saturated rings. The fourth-order valence-electron chi connectivity index (χ4n) is 2.55. The van der Waals surface area contributed by atoms with Crippen LogP contribution in [0.15, 0.2) is 85.2 Å². The molecule has 0 spiro atoms. The first-order valence-electron chi connectivity index (χ1n) is 8.20. The third-order valence-corrected chi connectivity index (χ3v) is 3.82. The lowest BCUT2D eigenvalue weighted by molar-refractivity contribution is -0.688. The van der Waals surface area contributed by atoms with E-state index in [0.717, 1.165) is 12.1 Å². The van der Waals surface area contributed by atoms with Crippen LogP contribution < -0.4 is 9.30 Å². The minimum atomic E-state index is -0.374. The molecule has 126 valence electrons. The SMILES string of the molecule is CN(Cc1ccccc1)C(=O)Oc1ccc[n+](Cc2ccccc2)c1. The van der Waals surface area contributed by atoms with Crippen LogP contribution in [0, 0.1) is 0 Å². The number of aromatic nitrogens is 1. The average Bonchev–Trinajstić information content (AvgIpc) is 2.63. The first-order chi connectivity index (χ1) is 12.2. The van der Waals surface area contributed by atoms with Gasteiger partial charge in [0.05, 0.1) is 0 Å². The summed E-state index contributed by atoms with van der Waals surface area (Å²) in [6.07, 6.45) is 3.42. The maximum absolute atomic E-state index is 12.3. The normalized spacial score (nSPS) is 10.3. The number of benzene rings is 2. The van der Waals surface area contributed by atoms with Crippen LogP contribution in [0.25, 0.3) is 0 Å². The average molecular weight is 333 g/mol. The molecule has 0 unspecified atom stereocenters. The Morgan fingerprint density at radius 2 is 1.56 bits per heavy atom. The summed E-state index contributed by atoms with van der Waals surface area (Å²) in [6.45, 7) is 1.24. The minimum absolute atomic E-state index is 0.374. The summed E-state index contributed by atoms with van der Waals surface area (Å²) in [6, 6.07) is 23.7. The van der Waals surface area contributed by atoms with Crippen LogP contribution in [-0.4, -0.2) is 18.0 Å². The fourth-order valence-corrected chi connectivity index (χ4v) is 2.55. The second-order valence-corrected chi connectivity index (χ2v) is 5.91. The lowest BCUT2D eigenvalue weighted by Gasteiger charge is -2.16. The lowest BCUT2D eigenvalue weighted by atomic mass is 10.2. The predicted octanol–water partition coefficient (Wildman–Crippen LogP) is 3.65. The van der Waals surface area contributed by atoms with E-state index in [0.29, 0.717) is 12.3 Å². The van der Waals surface area contributed by atoms with E-state index in [1.807, 2.05) is 71.6 Å². The van der Waals surface area contributed by atoms with E-state index >= 15 is 0 Å². The van der Waals surface area contributed by atoms with Gasteiger partial charge >= 0.3 is 6.09 Å². The van der Waals surface area contributed by atoms with Gasteiger partial charge in [-0.15, -0.1) is 0 Å². The van der Waals surface area contributed by atoms with Gasteiger partial charge < -0.3 is 9.64 Å². The highest BCUT2D eigenvalue weighted by molar-refractivity contribution is 5.70. The van der Waals surface area contributed by atoms with Gasteiger partial charge in [0.2, 0.25) is 6.20 Å². The second kappa shape index (κ2) is 8.11. The number of hydrogen-bond acceptors (Lipinski definition) is 2. The number of rotatable bonds is 5. The highest BCUT2D eigenvalue weighted by Crippen LogP contribution is 2.10. The Bertz CT molecular complexity index is 820. The molecule has 1 aromatic heterocycles. The fraction of sp³-hybridized carbons (Fsp3) is 0.143. The van der Waals surface area contributed by atoms with Gasteiger partial charge in [0.1, 0.15) is 0 Å². The first-order valence-corrected chi connectivity index (χ1v) is 8.20. The first kappa shape index (κ1) is 16.7. The molecule has 2 aromatic carbocycles. The monoisotopic (exact) mass is 333 g/mol. The Balaban J connectivity index is 1.62. The zero-order valence-electron chi connectivity index (χ0n) is 14.2. The van der Waals surface area contributed by atoms with E-state index in [2.05, 4.69) is 12.1 Å². The molecule has 0 saturated carbocycles. The Kier molecular flexibility index (Phi) is 5.42. The summed E-state index contributed by atoms with van der Waals surface area (Å²) in [7, 11) is 1.73. The molecule has 0 radical (unpaired) electrons. The minimum Gasteiger partial charge on any atom is -0.404 e. The second-order valence-electron chi connectivity index (χ2n) is 5.91. The molecule has 4 nitrogen and oxygen atoms in total. The quantitative estimate of drug-likeness (QED) is 0.668. The summed E-state index contributed by atoms with van der Waals surface area (Å²) < 4.78 is 7.49. The molecule has 0 aliphatic heterocycles. The number of carbonyl (C=O) groups is 1. The van der Waals surface area contributed by atoms with Crippen LogP contribution in [0.5, 0.6) is 5.75 Å². The van der Waals surface area contributed by atoms with Crippen molar-refractivity contribution in [2.45, 2.75) is 13.1 Å². The van der Waals surface area contributed by atoms with Crippen molar-refractivity contribution < 1.29 is 14.1 Å². The largest absolute Gasteiger partial charge is 0.415 e. The summed E-state index contributed by atoms with van der Waals surface area (Å²) in [5, 5.41) is 0. The summed E-state index contributed by atoms with van der Waals surface area (Å²) in [5.41, 5.74) is 2.26. The van der Waals surface area contributed by atoms with E-state index in [1.54, 1.807) is 18.0 Å². The lowest BCUT2D eigenvalue weighted by Crippen LogP contribution is -2.34. The van der Waals surface area contributed by atoms with Crippen LogP contribution >= 0.6 is 0 Å². The van der Waals surface area contributed by atoms with Crippen LogP contribution in [-0.2, 0) is 13.1 Å². The van der Waals surface area contributed by atoms with Crippen molar-refractivity contribution in [3.8, 4) is 5.75 Å². The molecule has 0 N–H and O–H groups in total. The van der Waals surface area contributed by atoms with Crippen LogP contribution in [0.1, 0.15) is 11.1 Å². The molecular weight excluding hydrogens is 312 g/mol. The van der Waals surface area contributed by atoms with Crippen molar-refractivity contribution in [1.29, 1.82) is 0 Å². The summed E-state index contributed by atoms with van der Waals surface area (Å²) in [5.74, 6) is 0.531. The third-order valence-electron chi connectivity index (χ3n) is 3.82. The van der Waals surface area contributed by atoms with Crippen molar-refractivity contribution >= 4 is 6.09 Å². The van der Waals surface area contributed by atoms with Crippen LogP contribution in [0.4, 0.5) is 4.79 Å². The number of hydrogen-bond donors (Lipinski definition) is 0. The van der Waals surface area contributed by atoms with Gasteiger partial charge in [0, 0.05) is 25.2 Å². The van der Waals surface area contributed by atoms with Gasteiger partial charge in [-0.2, -0.15) is 4.57 Å². The predicted molar refractivity (Wildman–Crippen MR) is 96.1 cm³/mol. The van der Waals surface area contributed by atoms with E-state index in [-0.39, 0.29) is 6.09 Å². The molecule has 0 bridgehead atoms. The number of carbonyl (C=O) groups excluding carboxylic acids is 1. The van der Waals surface area contributed by atoms with Gasteiger partial charge in [0.15, 0.2) is 18.5 Å². The van der Waals surface area contributed by atoms with E-state index in [4.69, 9.17) is 4.74 Å². The van der Waals surface area contributed by atoms with Crippen molar-refractivity contribution in [2.75, 3.05) is 7.05 Å². The molecule has 1 amide bonds. The van der Waals surface area contributed by atoms with Crippen molar-refractivity contribution in [1.82, 2.24) is 4.90 Å². The van der Waals surface area contributed by atoms with Gasteiger partial charge in [0.25, 0.3) is 0 Å². The van der Waals surface area contributed by atoms with Gasteiger partial charge in [-0.3, -0.25) is 0 Å². The zero-order valence-corrected chi connectivity index (χ0v) is 14.2. The molecule has 4 heteroatoms. The molecule has 0 atom stereocenters. The summed E-state index contributed by atoms with van der Waals surface area (Å²) in [4.78, 5) is 13.8. The highest BCUT2D eigenvalue weighted by Gasteiger charge is 2.14. The van der Waals surface area contributed by atoms with Crippen molar-refractivity contribution in [3.05, 3.63) is 96.3 Å². The number of nitrogens with zero attached hydrogens (tertiary/aromatic N) is 2. The van der Waals surface area contributed by atoms with E-state index in [9.17, 15) is 4.79 Å². The Morgan fingerprint density at radius 1 is 0.920 bits per heavy atom. The van der Waals surface area contributed by atoms with Crippen molar-refractivity contribution in [2.24, 2.45) is 0 Å². The molecular formula is C21H21N2O2+. The molecule has 1 heterocycles. The zero-order chi connectivity index (χ0) is 17.5. The maximum atomic E-state index is 12.3. The maximum Gasteiger partial charge on any atom is 0.415 e. The standard InChI is InChI=1S/C21H21N2O2/c1-22(15-18-9-4-2-5-10-18)21(24)25-20-13-8-14-23(17-20)16-19-11-6-3-7-12-19/h2-14,17H,15-16H2,1H3/q+1. The summed E-state index contributed by atoms with van der Waals surface area (Å²) >= 11 is 0. The van der Waals surface area contributed by atoms with Gasteiger partial charge in [-0.25, -0.2) is 4.79 Å². The molecule has 25 heavy (non-hydrogen) atoms. The van der Waals surface area contributed by atoms with Crippen LogP contribution in [0.3, 0.4) is 0 Å². The van der Waals surface area contributed by atoms with E-state index < -0.39 is 0 Å².